The molecule has 2 fully saturated rings. The average Bonchev–Trinajstić information content (AvgIpc) is 3.07. The molecule has 2 saturated heterocycles. The Balaban J connectivity index is 1.43. The minimum atomic E-state index is -1.00. The van der Waals surface area contributed by atoms with Crippen molar-refractivity contribution >= 4 is 16.3 Å². The number of aromatic nitrogens is 4. The molecular formula is C22H22FN5O. The Hall–Kier alpha value is -2.93. The molecule has 0 amide bonds. The number of phenolic OH excluding ortho intramolecular Hbond substituents is 1. The highest BCUT2D eigenvalue weighted by Gasteiger charge is 2.49. The zero-order valence-corrected chi connectivity index (χ0v) is 16.1. The van der Waals surface area contributed by atoms with Crippen LogP contribution in [-0.2, 0) is 0 Å². The fraction of sp³-hybridized carbons (Fsp3) is 0.364. The lowest BCUT2D eigenvalue weighted by Gasteiger charge is -2.39. The van der Waals surface area contributed by atoms with E-state index in [0.717, 1.165) is 23.6 Å². The third-order valence-corrected chi connectivity index (χ3v) is 6.31. The number of piperidine rings is 1. The van der Waals surface area contributed by atoms with Crippen molar-refractivity contribution in [1.82, 2.24) is 25.5 Å². The molecule has 3 aromatic rings. The predicted octanol–water partition coefficient (Wildman–Crippen LogP) is 3.67. The molecule has 0 spiro atoms. The topological polar surface area (TPSA) is 83.8 Å². The Labute approximate surface area is 167 Å². The maximum atomic E-state index is 15.0. The molecule has 0 aliphatic carbocycles. The number of rotatable bonds is 3. The molecule has 2 aliphatic rings. The summed E-state index contributed by atoms with van der Waals surface area (Å²) in [6.45, 7) is 6.24. The summed E-state index contributed by atoms with van der Waals surface area (Å²) < 4.78 is 15.0. The second-order valence-corrected chi connectivity index (χ2v) is 8.39. The van der Waals surface area contributed by atoms with Crippen molar-refractivity contribution in [3.05, 3.63) is 49.2 Å². The van der Waals surface area contributed by atoms with Crippen LogP contribution in [0.5, 0.6) is 5.75 Å². The summed E-state index contributed by atoms with van der Waals surface area (Å²) in [5, 5.41) is 24.0. The van der Waals surface area contributed by atoms with E-state index in [9.17, 15) is 9.50 Å². The fourth-order valence-corrected chi connectivity index (χ4v) is 4.70. The highest BCUT2D eigenvalue weighted by atomic mass is 19.1. The molecule has 2 bridgehead atoms. The fourth-order valence-electron chi connectivity index (χ4n) is 4.70. The molecule has 2 N–H and O–H groups in total. The molecule has 29 heavy (non-hydrogen) atoms. The standard InChI is InChI=1S/C22H22FN5O/c1-12(16-9-22(2)5-3-17(26-22)20(16)23)21-25-11-18(27-28-21)15-7-13-4-6-24-10-14(13)8-19(15)29/h4,6-8,10-11,16-17,20,26,29H,1,3,5,9H2,2H3/t16-,17?,20-,22+/m1/s1. The molecule has 1 unspecified atom stereocenters. The Morgan fingerprint density at radius 1 is 1.28 bits per heavy atom. The maximum absolute atomic E-state index is 15.0. The lowest BCUT2D eigenvalue weighted by Crippen LogP contribution is -2.53. The number of halogens is 1. The van der Waals surface area contributed by atoms with Gasteiger partial charge < -0.3 is 10.4 Å². The van der Waals surface area contributed by atoms with Crippen LogP contribution in [0.25, 0.3) is 27.6 Å². The van der Waals surface area contributed by atoms with Crippen molar-refractivity contribution in [2.24, 2.45) is 5.92 Å². The van der Waals surface area contributed by atoms with Gasteiger partial charge in [0.1, 0.15) is 17.6 Å². The largest absolute Gasteiger partial charge is 0.507 e. The Morgan fingerprint density at radius 2 is 2.14 bits per heavy atom. The lowest BCUT2D eigenvalue weighted by atomic mass is 9.79. The van der Waals surface area contributed by atoms with Gasteiger partial charge in [-0.15, -0.1) is 10.2 Å². The number of hydrogen-bond donors (Lipinski definition) is 2. The van der Waals surface area contributed by atoms with Crippen LogP contribution in [0.3, 0.4) is 0 Å². The van der Waals surface area contributed by atoms with Crippen LogP contribution in [0, 0.1) is 5.92 Å². The molecule has 0 radical (unpaired) electrons. The first-order valence-corrected chi connectivity index (χ1v) is 9.81. The molecule has 6 nitrogen and oxygen atoms in total. The van der Waals surface area contributed by atoms with Gasteiger partial charge in [0.25, 0.3) is 0 Å². The van der Waals surface area contributed by atoms with Crippen molar-refractivity contribution in [2.45, 2.75) is 43.9 Å². The van der Waals surface area contributed by atoms with Crippen LogP contribution in [0.1, 0.15) is 32.0 Å². The number of nitrogens with one attached hydrogen (secondary N) is 1. The summed E-state index contributed by atoms with van der Waals surface area (Å²) in [5.41, 5.74) is 1.52. The SMILES string of the molecule is C=C(c1ncc(-c2cc3ccncc3cc2O)nn1)[C@H]1C[C@]2(C)CCC(N2)[C@@H]1F. The van der Waals surface area contributed by atoms with E-state index < -0.39 is 6.17 Å². The van der Waals surface area contributed by atoms with Crippen molar-refractivity contribution in [1.29, 1.82) is 0 Å². The lowest BCUT2D eigenvalue weighted by molar-refractivity contribution is 0.135. The van der Waals surface area contributed by atoms with Crippen LogP contribution in [-0.4, -0.2) is 43.0 Å². The van der Waals surface area contributed by atoms with Gasteiger partial charge >= 0.3 is 0 Å². The molecule has 148 valence electrons. The first-order valence-electron chi connectivity index (χ1n) is 9.81. The second kappa shape index (κ2) is 6.56. The van der Waals surface area contributed by atoms with E-state index in [1.807, 2.05) is 12.1 Å². The quantitative estimate of drug-likeness (QED) is 0.709. The summed E-state index contributed by atoms with van der Waals surface area (Å²) >= 11 is 0. The molecule has 7 heteroatoms. The molecule has 2 aliphatic heterocycles. The van der Waals surface area contributed by atoms with Gasteiger partial charge in [-0.25, -0.2) is 9.37 Å². The Morgan fingerprint density at radius 3 is 2.93 bits per heavy atom. The summed E-state index contributed by atoms with van der Waals surface area (Å²) in [4.78, 5) is 8.46. The predicted molar refractivity (Wildman–Crippen MR) is 109 cm³/mol. The van der Waals surface area contributed by atoms with E-state index in [1.165, 1.54) is 0 Å². The molecule has 1 aromatic carbocycles. The van der Waals surface area contributed by atoms with Crippen LogP contribution in [0.15, 0.2) is 43.4 Å². The van der Waals surface area contributed by atoms with Crippen molar-refractivity contribution < 1.29 is 9.50 Å². The first kappa shape index (κ1) is 18.1. The van der Waals surface area contributed by atoms with Gasteiger partial charge in [0.2, 0.25) is 0 Å². The van der Waals surface area contributed by atoms with E-state index >= 15 is 0 Å². The van der Waals surface area contributed by atoms with Gasteiger partial charge in [-0.05, 0) is 55.3 Å². The summed E-state index contributed by atoms with van der Waals surface area (Å²) in [5.74, 6) is 0.124. The minimum absolute atomic E-state index is 0.0556. The number of aromatic hydroxyl groups is 1. The van der Waals surface area contributed by atoms with E-state index in [0.29, 0.717) is 29.1 Å². The number of pyridine rings is 1. The number of alkyl halides is 1. The van der Waals surface area contributed by atoms with Crippen LogP contribution in [0.2, 0.25) is 0 Å². The number of fused-ring (bicyclic) bond motifs is 3. The minimum Gasteiger partial charge on any atom is -0.507 e. The van der Waals surface area contributed by atoms with Gasteiger partial charge in [-0.2, -0.15) is 0 Å². The van der Waals surface area contributed by atoms with E-state index in [4.69, 9.17) is 0 Å². The van der Waals surface area contributed by atoms with Crippen molar-refractivity contribution in [3.63, 3.8) is 0 Å². The summed E-state index contributed by atoms with van der Waals surface area (Å²) in [6, 6.07) is 5.20. The average molecular weight is 391 g/mol. The number of nitrogens with zero attached hydrogens (tertiary/aromatic N) is 4. The Kier molecular flexibility index (Phi) is 4.10. The van der Waals surface area contributed by atoms with E-state index in [1.54, 1.807) is 24.7 Å². The molecule has 2 aromatic heterocycles. The monoisotopic (exact) mass is 391 g/mol. The maximum Gasteiger partial charge on any atom is 0.177 e. The number of benzene rings is 1. The summed E-state index contributed by atoms with van der Waals surface area (Å²) in [6.07, 6.45) is 6.43. The molecular weight excluding hydrogens is 369 g/mol. The van der Waals surface area contributed by atoms with Crippen LogP contribution in [0.4, 0.5) is 4.39 Å². The highest BCUT2D eigenvalue weighted by Crippen LogP contribution is 2.44. The first-order chi connectivity index (χ1) is 13.9. The van der Waals surface area contributed by atoms with Crippen molar-refractivity contribution in [3.8, 4) is 17.0 Å². The molecule has 4 heterocycles. The molecule has 5 rings (SSSR count). The van der Waals surface area contributed by atoms with Gasteiger partial charge in [0.05, 0.1) is 6.20 Å². The van der Waals surface area contributed by atoms with Crippen molar-refractivity contribution in [2.75, 3.05) is 0 Å². The summed E-state index contributed by atoms with van der Waals surface area (Å²) in [7, 11) is 0. The second-order valence-electron chi connectivity index (χ2n) is 8.39. The normalized spacial score (nSPS) is 28.6. The van der Waals surface area contributed by atoms with E-state index in [2.05, 4.69) is 39.0 Å². The molecule has 0 saturated carbocycles. The highest BCUT2D eigenvalue weighted by molar-refractivity contribution is 5.89. The number of allylic oxidation sites excluding steroid dienone is 1. The van der Waals surface area contributed by atoms with E-state index in [-0.39, 0.29) is 23.2 Å². The van der Waals surface area contributed by atoms with Crippen LogP contribution < -0.4 is 5.32 Å². The third-order valence-electron chi connectivity index (χ3n) is 6.31. The Bertz CT molecular complexity index is 1100. The van der Waals surface area contributed by atoms with Gasteiger partial charge in [0.15, 0.2) is 5.82 Å². The van der Waals surface area contributed by atoms with Gasteiger partial charge in [0, 0.05) is 40.8 Å². The zero-order valence-electron chi connectivity index (χ0n) is 16.1. The number of hydrogen-bond acceptors (Lipinski definition) is 6. The smallest absolute Gasteiger partial charge is 0.177 e. The van der Waals surface area contributed by atoms with Crippen LogP contribution >= 0.6 is 0 Å². The van der Waals surface area contributed by atoms with Gasteiger partial charge in [-0.1, -0.05) is 6.58 Å². The molecule has 4 atom stereocenters. The number of phenols is 1. The zero-order chi connectivity index (χ0) is 20.2. The van der Waals surface area contributed by atoms with Gasteiger partial charge in [-0.3, -0.25) is 4.98 Å². The third kappa shape index (κ3) is 3.06.